The van der Waals surface area contributed by atoms with E-state index in [0.717, 1.165) is 11.5 Å². The summed E-state index contributed by atoms with van der Waals surface area (Å²) in [7, 11) is 0. The summed E-state index contributed by atoms with van der Waals surface area (Å²) in [5.74, 6) is 1.11. The minimum absolute atomic E-state index is 0.320. The molecule has 1 aromatic carbocycles. The van der Waals surface area contributed by atoms with E-state index >= 15 is 0 Å². The maximum Gasteiger partial charge on any atom is 0.120 e. The monoisotopic (exact) mass is 253 g/mol. The number of benzene rings is 1. The van der Waals surface area contributed by atoms with Crippen LogP contribution in [0.5, 0.6) is 5.75 Å². The topological polar surface area (TPSA) is 32.3 Å². The smallest absolute Gasteiger partial charge is 0.120 e. The van der Waals surface area contributed by atoms with Crippen LogP contribution in [0, 0.1) is 5.92 Å². The first-order valence-electron chi connectivity index (χ1n) is 6.37. The molecule has 3 heteroatoms. The Labute approximate surface area is 108 Å². The second kappa shape index (κ2) is 5.74. The van der Waals surface area contributed by atoms with Gasteiger partial charge in [0.1, 0.15) is 5.75 Å². The molecule has 0 bridgehead atoms. The third kappa shape index (κ3) is 3.36. The van der Waals surface area contributed by atoms with Crippen LogP contribution in [-0.2, 0) is 6.54 Å². The van der Waals surface area contributed by atoms with E-state index in [4.69, 9.17) is 11.6 Å². The highest BCUT2D eigenvalue weighted by molar-refractivity contribution is 6.30. The van der Waals surface area contributed by atoms with Gasteiger partial charge in [-0.25, -0.2) is 0 Å². The minimum atomic E-state index is 0.320. The summed E-state index contributed by atoms with van der Waals surface area (Å²) in [4.78, 5) is 0. The Morgan fingerprint density at radius 2 is 2.12 bits per heavy atom. The van der Waals surface area contributed by atoms with Crippen molar-refractivity contribution in [3.63, 3.8) is 0 Å². The Kier molecular flexibility index (Phi) is 4.30. The van der Waals surface area contributed by atoms with E-state index in [0.29, 0.717) is 23.4 Å². The lowest BCUT2D eigenvalue weighted by Gasteiger charge is -2.20. The zero-order valence-electron chi connectivity index (χ0n) is 10.2. The summed E-state index contributed by atoms with van der Waals surface area (Å²) in [6.07, 6.45) is 5.38. The fourth-order valence-corrected chi connectivity index (χ4v) is 2.79. The van der Waals surface area contributed by atoms with E-state index in [1.54, 1.807) is 12.1 Å². The lowest BCUT2D eigenvalue weighted by Crippen LogP contribution is -2.31. The van der Waals surface area contributed by atoms with Gasteiger partial charge in [0.25, 0.3) is 0 Å². The van der Waals surface area contributed by atoms with Crippen molar-refractivity contribution in [2.45, 2.75) is 45.2 Å². The fraction of sp³-hybridized carbons (Fsp3) is 0.571. The molecule has 0 heterocycles. The van der Waals surface area contributed by atoms with Gasteiger partial charge >= 0.3 is 0 Å². The number of aromatic hydroxyl groups is 1. The maximum absolute atomic E-state index is 9.71. The predicted molar refractivity (Wildman–Crippen MR) is 71.4 cm³/mol. The first-order chi connectivity index (χ1) is 8.16. The molecular weight excluding hydrogens is 234 g/mol. The van der Waals surface area contributed by atoms with Crippen LogP contribution >= 0.6 is 11.6 Å². The molecule has 1 aliphatic carbocycles. The van der Waals surface area contributed by atoms with Gasteiger partial charge in [0.2, 0.25) is 0 Å². The normalized spacial score (nSPS) is 18.5. The van der Waals surface area contributed by atoms with Crippen LogP contribution in [0.3, 0.4) is 0 Å². The second-order valence-corrected chi connectivity index (χ2v) is 5.42. The maximum atomic E-state index is 9.71. The molecule has 2 rings (SSSR count). The Balaban J connectivity index is 1.90. The molecule has 0 aromatic heterocycles. The van der Waals surface area contributed by atoms with Gasteiger partial charge in [-0.15, -0.1) is 0 Å². The lowest BCUT2D eigenvalue weighted by atomic mass is 9.99. The Morgan fingerprint density at radius 1 is 1.41 bits per heavy atom. The second-order valence-electron chi connectivity index (χ2n) is 4.99. The molecule has 1 atom stereocenters. The highest BCUT2D eigenvalue weighted by atomic mass is 35.5. The van der Waals surface area contributed by atoms with Gasteiger partial charge in [0.05, 0.1) is 0 Å². The van der Waals surface area contributed by atoms with Gasteiger partial charge in [-0.2, -0.15) is 0 Å². The first kappa shape index (κ1) is 12.7. The zero-order valence-corrected chi connectivity index (χ0v) is 11.0. The highest BCUT2D eigenvalue weighted by Crippen LogP contribution is 2.28. The lowest BCUT2D eigenvalue weighted by molar-refractivity contribution is 0.376. The van der Waals surface area contributed by atoms with Crippen LogP contribution in [0.15, 0.2) is 18.2 Å². The van der Waals surface area contributed by atoms with Crippen LogP contribution in [0.2, 0.25) is 5.02 Å². The molecule has 94 valence electrons. The van der Waals surface area contributed by atoms with Crippen molar-refractivity contribution in [3.8, 4) is 5.75 Å². The third-order valence-electron chi connectivity index (χ3n) is 3.76. The largest absolute Gasteiger partial charge is 0.508 e. The quantitative estimate of drug-likeness (QED) is 0.857. The number of hydrogen-bond acceptors (Lipinski definition) is 2. The van der Waals surface area contributed by atoms with E-state index < -0.39 is 0 Å². The van der Waals surface area contributed by atoms with Crippen molar-refractivity contribution in [2.75, 3.05) is 0 Å². The number of phenolic OH excluding ortho intramolecular Hbond substituents is 1. The van der Waals surface area contributed by atoms with Crippen LogP contribution in [0.25, 0.3) is 0 Å². The minimum Gasteiger partial charge on any atom is -0.508 e. The number of hydrogen-bond donors (Lipinski definition) is 2. The summed E-state index contributed by atoms with van der Waals surface area (Å²) >= 11 is 5.92. The summed E-state index contributed by atoms with van der Waals surface area (Å²) in [5, 5.41) is 13.9. The van der Waals surface area contributed by atoms with E-state index in [1.165, 1.54) is 25.7 Å². The predicted octanol–water partition coefficient (Wildman–Crippen LogP) is 3.71. The first-order valence-corrected chi connectivity index (χ1v) is 6.75. The zero-order chi connectivity index (χ0) is 12.3. The molecule has 1 aromatic rings. The molecule has 2 N–H and O–H groups in total. The molecule has 17 heavy (non-hydrogen) atoms. The molecule has 0 saturated heterocycles. The molecule has 1 aliphatic rings. The van der Waals surface area contributed by atoms with Crippen LogP contribution < -0.4 is 5.32 Å². The summed E-state index contributed by atoms with van der Waals surface area (Å²) in [6, 6.07) is 5.70. The number of rotatable bonds is 4. The molecule has 0 amide bonds. The SMILES string of the molecule is CC(NCc1cc(Cl)ccc1O)C1CCCC1. The Hall–Kier alpha value is -0.730. The van der Waals surface area contributed by atoms with Crippen molar-refractivity contribution in [1.82, 2.24) is 5.32 Å². The van der Waals surface area contributed by atoms with Crippen molar-refractivity contribution >= 4 is 11.6 Å². The molecule has 1 fully saturated rings. The molecule has 1 saturated carbocycles. The average molecular weight is 254 g/mol. The van der Waals surface area contributed by atoms with Crippen LogP contribution in [-0.4, -0.2) is 11.1 Å². The van der Waals surface area contributed by atoms with Crippen molar-refractivity contribution in [3.05, 3.63) is 28.8 Å². The highest BCUT2D eigenvalue weighted by Gasteiger charge is 2.21. The van der Waals surface area contributed by atoms with Gasteiger partial charge in [0.15, 0.2) is 0 Å². The molecule has 2 nitrogen and oxygen atoms in total. The number of halogens is 1. The van der Waals surface area contributed by atoms with Gasteiger partial charge in [-0.05, 0) is 43.9 Å². The average Bonchev–Trinajstić information content (AvgIpc) is 2.83. The number of phenols is 1. The molecule has 1 unspecified atom stereocenters. The van der Waals surface area contributed by atoms with E-state index in [-0.39, 0.29) is 0 Å². The van der Waals surface area contributed by atoms with Gasteiger partial charge in [-0.1, -0.05) is 24.4 Å². The van der Waals surface area contributed by atoms with Crippen molar-refractivity contribution in [2.24, 2.45) is 5.92 Å². The Bertz CT molecular complexity index is 374. The Morgan fingerprint density at radius 3 is 2.82 bits per heavy atom. The number of nitrogens with one attached hydrogen (secondary N) is 1. The summed E-state index contributed by atoms with van der Waals surface area (Å²) < 4.78 is 0. The molecule has 0 spiro atoms. The van der Waals surface area contributed by atoms with Crippen LogP contribution in [0.4, 0.5) is 0 Å². The fourth-order valence-electron chi connectivity index (χ4n) is 2.59. The van der Waals surface area contributed by atoms with E-state index in [1.807, 2.05) is 6.07 Å². The molecular formula is C14H20ClNO. The molecule has 0 aliphatic heterocycles. The standard InChI is InChI=1S/C14H20ClNO/c1-10(11-4-2-3-5-11)16-9-12-8-13(15)6-7-14(12)17/h6-8,10-11,16-17H,2-5,9H2,1H3. The summed E-state index contributed by atoms with van der Waals surface area (Å²) in [5.41, 5.74) is 0.877. The van der Waals surface area contributed by atoms with Crippen LogP contribution in [0.1, 0.15) is 38.2 Å². The summed E-state index contributed by atoms with van der Waals surface area (Å²) in [6.45, 7) is 2.92. The third-order valence-corrected chi connectivity index (χ3v) is 4.00. The van der Waals surface area contributed by atoms with Crippen molar-refractivity contribution < 1.29 is 5.11 Å². The van der Waals surface area contributed by atoms with E-state index in [2.05, 4.69) is 12.2 Å². The van der Waals surface area contributed by atoms with Gasteiger partial charge in [0, 0.05) is 23.2 Å². The van der Waals surface area contributed by atoms with E-state index in [9.17, 15) is 5.11 Å². The van der Waals surface area contributed by atoms with Gasteiger partial charge < -0.3 is 10.4 Å². The van der Waals surface area contributed by atoms with Crippen molar-refractivity contribution in [1.29, 1.82) is 0 Å². The molecule has 0 radical (unpaired) electrons. The van der Waals surface area contributed by atoms with Gasteiger partial charge in [-0.3, -0.25) is 0 Å².